The van der Waals surface area contributed by atoms with Gasteiger partial charge in [-0.05, 0) is 32.2 Å². The molecule has 15 heavy (non-hydrogen) atoms. The Balaban J connectivity index is 2.86. The topological polar surface area (TPSA) is 38.5 Å². The largest absolute Gasteiger partial charge is 0.383 e. The van der Waals surface area contributed by atoms with Crippen molar-refractivity contribution in [2.45, 2.75) is 45.2 Å². The second-order valence-electron chi connectivity index (χ2n) is 5.08. The van der Waals surface area contributed by atoms with E-state index in [9.17, 15) is 0 Å². The van der Waals surface area contributed by atoms with Gasteiger partial charge in [0.2, 0.25) is 0 Å². The molecule has 1 fully saturated rings. The molecule has 2 N–H and O–H groups in total. The van der Waals surface area contributed by atoms with E-state index in [-0.39, 0.29) is 5.54 Å². The van der Waals surface area contributed by atoms with Crippen LogP contribution in [-0.4, -0.2) is 43.3 Å². The second-order valence-corrected chi connectivity index (χ2v) is 5.08. The van der Waals surface area contributed by atoms with Gasteiger partial charge in [-0.15, -0.1) is 0 Å². The maximum absolute atomic E-state index is 6.02. The van der Waals surface area contributed by atoms with Gasteiger partial charge in [-0.1, -0.05) is 13.8 Å². The molecule has 1 saturated heterocycles. The zero-order valence-electron chi connectivity index (χ0n) is 10.6. The smallest absolute Gasteiger partial charge is 0.0661 e. The van der Waals surface area contributed by atoms with Crippen LogP contribution < -0.4 is 5.73 Å². The summed E-state index contributed by atoms with van der Waals surface area (Å²) in [5.41, 5.74) is 6.05. The molecule has 1 rings (SSSR count). The van der Waals surface area contributed by atoms with Gasteiger partial charge in [0.1, 0.15) is 0 Å². The minimum atomic E-state index is 0.0324. The molecule has 0 aromatic heterocycles. The first-order chi connectivity index (χ1) is 7.08. The van der Waals surface area contributed by atoms with Crippen molar-refractivity contribution in [1.29, 1.82) is 0 Å². The zero-order valence-corrected chi connectivity index (χ0v) is 10.6. The Kier molecular flexibility index (Phi) is 4.56. The standard InChI is InChI=1S/C12H26N2O/c1-10(2)12(8-13,9-15-4)14-7-5-6-11(14)3/h10-11H,5-9,13H2,1-4H3. The second kappa shape index (κ2) is 5.28. The quantitative estimate of drug-likeness (QED) is 0.753. The summed E-state index contributed by atoms with van der Waals surface area (Å²) in [6.07, 6.45) is 2.58. The fourth-order valence-corrected chi connectivity index (χ4v) is 2.84. The molecule has 1 heterocycles. The van der Waals surface area contributed by atoms with Gasteiger partial charge in [0.15, 0.2) is 0 Å². The highest BCUT2D eigenvalue weighted by atomic mass is 16.5. The van der Waals surface area contributed by atoms with Crippen LogP contribution in [0, 0.1) is 5.92 Å². The Hall–Kier alpha value is -0.120. The van der Waals surface area contributed by atoms with Crippen LogP contribution in [0.15, 0.2) is 0 Å². The van der Waals surface area contributed by atoms with Crippen LogP contribution in [0.1, 0.15) is 33.6 Å². The lowest BCUT2D eigenvalue weighted by Crippen LogP contribution is -2.61. The summed E-state index contributed by atoms with van der Waals surface area (Å²) in [7, 11) is 1.77. The minimum absolute atomic E-state index is 0.0324. The third kappa shape index (κ3) is 2.35. The average molecular weight is 214 g/mol. The van der Waals surface area contributed by atoms with E-state index in [1.165, 1.54) is 19.4 Å². The molecule has 90 valence electrons. The minimum Gasteiger partial charge on any atom is -0.383 e. The van der Waals surface area contributed by atoms with Gasteiger partial charge in [0, 0.05) is 19.7 Å². The predicted molar refractivity (Wildman–Crippen MR) is 63.9 cm³/mol. The summed E-state index contributed by atoms with van der Waals surface area (Å²) < 4.78 is 5.40. The van der Waals surface area contributed by atoms with Crippen molar-refractivity contribution in [3.05, 3.63) is 0 Å². The summed E-state index contributed by atoms with van der Waals surface area (Å²) in [4.78, 5) is 2.56. The van der Waals surface area contributed by atoms with Gasteiger partial charge >= 0.3 is 0 Å². The Morgan fingerprint density at radius 1 is 1.53 bits per heavy atom. The molecule has 1 aliphatic rings. The number of hydrogen-bond donors (Lipinski definition) is 1. The van der Waals surface area contributed by atoms with E-state index >= 15 is 0 Å². The highest BCUT2D eigenvalue weighted by molar-refractivity contribution is 4.98. The summed E-state index contributed by atoms with van der Waals surface area (Å²) >= 11 is 0. The van der Waals surface area contributed by atoms with Crippen LogP contribution in [0.25, 0.3) is 0 Å². The molecule has 2 atom stereocenters. The van der Waals surface area contributed by atoms with Crippen molar-refractivity contribution in [3.63, 3.8) is 0 Å². The van der Waals surface area contributed by atoms with Gasteiger partial charge in [-0.25, -0.2) is 0 Å². The molecular formula is C12H26N2O. The van der Waals surface area contributed by atoms with Gasteiger partial charge in [-0.3, -0.25) is 4.90 Å². The van der Waals surface area contributed by atoms with E-state index < -0.39 is 0 Å². The molecule has 0 aromatic rings. The van der Waals surface area contributed by atoms with Crippen molar-refractivity contribution in [2.24, 2.45) is 11.7 Å². The van der Waals surface area contributed by atoms with E-state index in [0.29, 0.717) is 18.5 Å². The van der Waals surface area contributed by atoms with E-state index in [1.54, 1.807) is 7.11 Å². The molecule has 2 unspecified atom stereocenters. The number of nitrogens with two attached hydrogens (primary N) is 1. The number of methoxy groups -OCH3 is 1. The highest BCUT2D eigenvalue weighted by Crippen LogP contribution is 2.32. The third-order valence-electron chi connectivity index (χ3n) is 3.95. The lowest BCUT2D eigenvalue weighted by atomic mass is 9.84. The van der Waals surface area contributed by atoms with Crippen LogP contribution in [0.4, 0.5) is 0 Å². The summed E-state index contributed by atoms with van der Waals surface area (Å²) in [5.74, 6) is 0.531. The first-order valence-corrected chi connectivity index (χ1v) is 6.04. The monoisotopic (exact) mass is 214 g/mol. The lowest BCUT2D eigenvalue weighted by molar-refractivity contribution is -0.0203. The van der Waals surface area contributed by atoms with Gasteiger partial charge in [0.05, 0.1) is 12.1 Å². The van der Waals surface area contributed by atoms with Crippen molar-refractivity contribution < 1.29 is 4.74 Å². The first-order valence-electron chi connectivity index (χ1n) is 6.04. The number of nitrogens with zero attached hydrogens (tertiary/aromatic N) is 1. The summed E-state index contributed by atoms with van der Waals surface area (Å²) in [6, 6.07) is 0.645. The summed E-state index contributed by atoms with van der Waals surface area (Å²) in [5, 5.41) is 0. The zero-order chi connectivity index (χ0) is 11.5. The van der Waals surface area contributed by atoms with E-state index in [0.717, 1.165) is 6.61 Å². The molecule has 0 spiro atoms. The number of ether oxygens (including phenoxy) is 1. The molecule has 0 aromatic carbocycles. The molecule has 0 aliphatic carbocycles. The molecule has 0 radical (unpaired) electrons. The van der Waals surface area contributed by atoms with Crippen molar-refractivity contribution in [2.75, 3.05) is 26.8 Å². The Bertz CT molecular complexity index is 196. The van der Waals surface area contributed by atoms with Crippen molar-refractivity contribution >= 4 is 0 Å². The number of likely N-dealkylation sites (tertiary alicyclic amines) is 1. The van der Waals surface area contributed by atoms with Crippen molar-refractivity contribution in [1.82, 2.24) is 4.90 Å². The van der Waals surface area contributed by atoms with E-state index in [2.05, 4.69) is 25.7 Å². The van der Waals surface area contributed by atoms with E-state index in [4.69, 9.17) is 10.5 Å². The van der Waals surface area contributed by atoms with Gasteiger partial charge in [0.25, 0.3) is 0 Å². The molecule has 0 amide bonds. The fourth-order valence-electron chi connectivity index (χ4n) is 2.84. The molecule has 3 heteroatoms. The predicted octanol–water partition coefficient (Wildman–Crippen LogP) is 1.47. The third-order valence-corrected chi connectivity index (χ3v) is 3.95. The van der Waals surface area contributed by atoms with Crippen LogP contribution in [0.3, 0.4) is 0 Å². The Morgan fingerprint density at radius 3 is 2.53 bits per heavy atom. The SMILES string of the molecule is COCC(CN)(C(C)C)N1CCCC1C. The average Bonchev–Trinajstić information content (AvgIpc) is 2.61. The Morgan fingerprint density at radius 2 is 2.20 bits per heavy atom. The van der Waals surface area contributed by atoms with Gasteiger partial charge < -0.3 is 10.5 Å². The fraction of sp³-hybridized carbons (Fsp3) is 1.00. The Labute approximate surface area is 94.0 Å². The molecular weight excluding hydrogens is 188 g/mol. The summed E-state index contributed by atoms with van der Waals surface area (Å²) in [6.45, 7) is 9.39. The van der Waals surface area contributed by atoms with Crippen LogP contribution in [0.2, 0.25) is 0 Å². The van der Waals surface area contributed by atoms with Gasteiger partial charge in [-0.2, -0.15) is 0 Å². The highest BCUT2D eigenvalue weighted by Gasteiger charge is 2.42. The van der Waals surface area contributed by atoms with Crippen LogP contribution >= 0.6 is 0 Å². The molecule has 3 nitrogen and oxygen atoms in total. The number of rotatable bonds is 5. The number of hydrogen-bond acceptors (Lipinski definition) is 3. The molecule has 0 saturated carbocycles. The van der Waals surface area contributed by atoms with Crippen LogP contribution in [-0.2, 0) is 4.74 Å². The lowest BCUT2D eigenvalue weighted by Gasteiger charge is -2.46. The maximum atomic E-state index is 6.02. The van der Waals surface area contributed by atoms with Crippen LogP contribution in [0.5, 0.6) is 0 Å². The van der Waals surface area contributed by atoms with Crippen molar-refractivity contribution in [3.8, 4) is 0 Å². The van der Waals surface area contributed by atoms with E-state index in [1.807, 2.05) is 0 Å². The first kappa shape index (κ1) is 12.9. The molecule has 0 bridgehead atoms. The normalized spacial score (nSPS) is 27.2. The maximum Gasteiger partial charge on any atom is 0.0661 e. The molecule has 1 aliphatic heterocycles.